The van der Waals surface area contributed by atoms with E-state index in [-0.39, 0.29) is 10.0 Å². The average molecular weight is 336 g/mol. The van der Waals surface area contributed by atoms with Gasteiger partial charge in [-0.2, -0.15) is 18.3 Å². The van der Waals surface area contributed by atoms with Crippen LogP contribution in [-0.2, 0) is 13.2 Å². The maximum Gasteiger partial charge on any atom is 0.420 e. The van der Waals surface area contributed by atoms with E-state index >= 15 is 0 Å². The molecule has 0 aliphatic carbocycles. The summed E-state index contributed by atoms with van der Waals surface area (Å²) in [6, 6.07) is 3.65. The number of nitrogens with zero attached hydrogens (tertiary/aromatic N) is 2. The first-order valence-electron chi connectivity index (χ1n) is 5.09. The number of hydrogen-bond donors (Lipinski definition) is 2. The molecule has 2 aromatic rings. The van der Waals surface area contributed by atoms with Crippen LogP contribution in [0, 0.1) is 0 Å². The van der Waals surface area contributed by atoms with E-state index in [1.807, 2.05) is 0 Å². The monoisotopic (exact) mass is 335 g/mol. The van der Waals surface area contributed by atoms with Gasteiger partial charge in [0, 0.05) is 18.7 Å². The molecule has 0 fully saturated rings. The van der Waals surface area contributed by atoms with Gasteiger partial charge in [-0.25, -0.2) is 0 Å². The minimum atomic E-state index is -4.65. The van der Waals surface area contributed by atoms with Gasteiger partial charge in [-0.05, 0) is 28.1 Å². The second kappa shape index (κ2) is 4.44. The van der Waals surface area contributed by atoms with Crippen LogP contribution in [0.15, 0.2) is 22.7 Å². The quantitative estimate of drug-likeness (QED) is 0.841. The third-order valence-electron chi connectivity index (χ3n) is 2.58. The molecule has 0 spiro atoms. The van der Waals surface area contributed by atoms with Crippen LogP contribution < -0.4 is 5.73 Å². The number of alkyl halides is 3. The lowest BCUT2D eigenvalue weighted by Crippen LogP contribution is -2.06. The van der Waals surface area contributed by atoms with Crippen molar-refractivity contribution in [3.8, 4) is 17.0 Å². The van der Waals surface area contributed by atoms with E-state index in [4.69, 9.17) is 5.73 Å². The van der Waals surface area contributed by atoms with Crippen molar-refractivity contribution in [1.29, 1.82) is 0 Å². The predicted octanol–water partition coefficient (Wildman–Crippen LogP) is 3.16. The van der Waals surface area contributed by atoms with Gasteiger partial charge in [0.15, 0.2) is 0 Å². The summed E-state index contributed by atoms with van der Waals surface area (Å²) in [5.74, 6) is -0.520. The molecule has 8 heteroatoms. The number of aryl methyl sites for hydroxylation is 1. The summed E-state index contributed by atoms with van der Waals surface area (Å²) in [7, 11) is 1.58. The van der Waals surface area contributed by atoms with Crippen molar-refractivity contribution < 1.29 is 18.3 Å². The number of nitrogens with two attached hydrogens (primary N) is 1. The topological polar surface area (TPSA) is 64.1 Å². The van der Waals surface area contributed by atoms with Crippen LogP contribution in [-0.4, -0.2) is 14.9 Å². The molecular formula is C11H9BrF3N3O. The highest BCUT2D eigenvalue weighted by atomic mass is 79.9. The summed E-state index contributed by atoms with van der Waals surface area (Å²) in [4.78, 5) is 0. The molecule has 4 nitrogen and oxygen atoms in total. The molecule has 0 saturated carbocycles. The number of rotatable bonds is 1. The van der Waals surface area contributed by atoms with Crippen LogP contribution in [0.25, 0.3) is 11.3 Å². The average Bonchev–Trinajstić information content (AvgIpc) is 2.61. The molecule has 0 amide bonds. The largest absolute Gasteiger partial charge is 0.506 e. The van der Waals surface area contributed by atoms with Crippen molar-refractivity contribution in [2.75, 3.05) is 5.73 Å². The van der Waals surface area contributed by atoms with Crippen molar-refractivity contribution >= 4 is 21.7 Å². The first kappa shape index (κ1) is 13.7. The Kier molecular flexibility index (Phi) is 3.21. The zero-order valence-electron chi connectivity index (χ0n) is 9.66. The second-order valence-corrected chi connectivity index (χ2v) is 4.78. The SMILES string of the molecule is Cn1nc(-c2cc(Br)c(O)c(C(F)(F)F)c2)cc1N. The molecule has 0 aliphatic rings. The highest BCUT2D eigenvalue weighted by Crippen LogP contribution is 2.42. The molecule has 0 bridgehead atoms. The van der Waals surface area contributed by atoms with Crippen LogP contribution in [0.1, 0.15) is 5.56 Å². The number of nitrogen functional groups attached to an aromatic ring is 1. The van der Waals surface area contributed by atoms with Gasteiger partial charge >= 0.3 is 6.18 Å². The lowest BCUT2D eigenvalue weighted by Gasteiger charge is -2.11. The summed E-state index contributed by atoms with van der Waals surface area (Å²) in [6.45, 7) is 0. The maximum atomic E-state index is 12.8. The normalized spacial score (nSPS) is 11.8. The van der Waals surface area contributed by atoms with Crippen LogP contribution in [0.4, 0.5) is 19.0 Å². The Hall–Kier alpha value is -1.70. The summed E-state index contributed by atoms with van der Waals surface area (Å²) in [5, 5.41) is 13.4. The Morgan fingerprint density at radius 3 is 2.42 bits per heavy atom. The van der Waals surface area contributed by atoms with Crippen molar-refractivity contribution in [1.82, 2.24) is 9.78 Å². The summed E-state index contributed by atoms with van der Waals surface area (Å²) in [6.07, 6.45) is -4.65. The zero-order valence-corrected chi connectivity index (χ0v) is 11.2. The fourth-order valence-electron chi connectivity index (χ4n) is 1.59. The van der Waals surface area contributed by atoms with E-state index < -0.39 is 17.5 Å². The number of benzene rings is 1. The number of aromatic nitrogens is 2. The van der Waals surface area contributed by atoms with Crippen molar-refractivity contribution in [3.63, 3.8) is 0 Å². The lowest BCUT2D eigenvalue weighted by molar-refractivity contribution is -0.138. The van der Waals surface area contributed by atoms with Gasteiger partial charge < -0.3 is 10.8 Å². The fraction of sp³-hybridized carbons (Fsp3) is 0.182. The zero-order chi connectivity index (χ0) is 14.4. The number of phenols is 1. The number of aromatic hydroxyl groups is 1. The number of phenolic OH excluding ortho intramolecular Hbond substituents is 1. The fourth-order valence-corrected chi connectivity index (χ4v) is 2.05. The Morgan fingerprint density at radius 2 is 1.95 bits per heavy atom. The smallest absolute Gasteiger partial charge is 0.420 e. The minimum absolute atomic E-state index is 0.0541. The van der Waals surface area contributed by atoms with Gasteiger partial charge in [-0.15, -0.1) is 0 Å². The Bertz CT molecular complexity index is 617. The van der Waals surface area contributed by atoms with Crippen molar-refractivity contribution in [3.05, 3.63) is 28.2 Å². The molecule has 102 valence electrons. The highest BCUT2D eigenvalue weighted by molar-refractivity contribution is 9.10. The van der Waals surface area contributed by atoms with Crippen LogP contribution >= 0.6 is 15.9 Å². The van der Waals surface area contributed by atoms with E-state index in [1.54, 1.807) is 7.05 Å². The first-order chi connectivity index (χ1) is 8.70. The third-order valence-corrected chi connectivity index (χ3v) is 3.19. The Balaban J connectivity index is 2.63. The van der Waals surface area contributed by atoms with E-state index in [1.165, 1.54) is 16.8 Å². The van der Waals surface area contributed by atoms with Crippen LogP contribution in [0.5, 0.6) is 5.75 Å². The summed E-state index contributed by atoms with van der Waals surface area (Å²) >= 11 is 2.90. The first-order valence-corrected chi connectivity index (χ1v) is 5.89. The van der Waals surface area contributed by atoms with Crippen LogP contribution in [0.3, 0.4) is 0 Å². The van der Waals surface area contributed by atoms with Crippen LogP contribution in [0.2, 0.25) is 0 Å². The summed E-state index contributed by atoms with van der Waals surface area (Å²) in [5.41, 5.74) is 4.97. The second-order valence-electron chi connectivity index (χ2n) is 3.93. The lowest BCUT2D eigenvalue weighted by atomic mass is 10.1. The number of halogens is 4. The van der Waals surface area contributed by atoms with E-state index in [9.17, 15) is 18.3 Å². The van der Waals surface area contributed by atoms with Gasteiger partial charge in [0.1, 0.15) is 11.6 Å². The minimum Gasteiger partial charge on any atom is -0.506 e. The molecule has 1 aromatic carbocycles. The number of anilines is 1. The highest BCUT2D eigenvalue weighted by Gasteiger charge is 2.35. The molecule has 3 N–H and O–H groups in total. The molecule has 0 unspecified atom stereocenters. The molecule has 0 saturated heterocycles. The molecule has 0 atom stereocenters. The van der Waals surface area contributed by atoms with Gasteiger partial charge in [0.2, 0.25) is 0 Å². The van der Waals surface area contributed by atoms with E-state index in [0.717, 1.165) is 6.07 Å². The maximum absolute atomic E-state index is 12.8. The van der Waals surface area contributed by atoms with E-state index in [0.29, 0.717) is 11.5 Å². The standard InChI is InChI=1S/C11H9BrF3N3O/c1-18-9(16)4-8(17-18)5-2-6(11(13,14)15)10(19)7(12)3-5/h2-4,19H,16H2,1H3. The molecule has 19 heavy (non-hydrogen) atoms. The Labute approximate surface area is 114 Å². The molecule has 0 aliphatic heterocycles. The molecule has 1 heterocycles. The summed E-state index contributed by atoms with van der Waals surface area (Å²) < 4.78 is 39.6. The van der Waals surface area contributed by atoms with Gasteiger partial charge in [-0.1, -0.05) is 0 Å². The predicted molar refractivity (Wildman–Crippen MR) is 67.4 cm³/mol. The third kappa shape index (κ3) is 2.53. The molecule has 0 radical (unpaired) electrons. The van der Waals surface area contributed by atoms with Crippen molar-refractivity contribution in [2.45, 2.75) is 6.18 Å². The molecule has 2 rings (SSSR count). The van der Waals surface area contributed by atoms with Gasteiger partial charge in [0.25, 0.3) is 0 Å². The Morgan fingerprint density at radius 1 is 1.32 bits per heavy atom. The molecular weight excluding hydrogens is 327 g/mol. The number of hydrogen-bond acceptors (Lipinski definition) is 3. The van der Waals surface area contributed by atoms with Gasteiger partial charge in [-0.3, -0.25) is 4.68 Å². The van der Waals surface area contributed by atoms with E-state index in [2.05, 4.69) is 21.0 Å². The molecule has 1 aromatic heterocycles. The van der Waals surface area contributed by atoms with Gasteiger partial charge in [0.05, 0.1) is 15.7 Å². The van der Waals surface area contributed by atoms with Crippen molar-refractivity contribution in [2.24, 2.45) is 7.05 Å².